The third-order valence-electron chi connectivity index (χ3n) is 3.68. The Morgan fingerprint density at radius 3 is 2.74 bits per heavy atom. The van der Waals surface area contributed by atoms with Gasteiger partial charge in [0, 0.05) is 14.8 Å². The summed E-state index contributed by atoms with van der Waals surface area (Å²) in [5.41, 5.74) is 2.66. The Bertz CT molecular complexity index is 550. The highest BCUT2D eigenvalue weighted by molar-refractivity contribution is 7.12. The predicted octanol–water partition coefficient (Wildman–Crippen LogP) is 5.80. The zero-order valence-corrected chi connectivity index (χ0v) is 13.0. The van der Waals surface area contributed by atoms with Crippen molar-refractivity contribution in [3.8, 4) is 0 Å². The third kappa shape index (κ3) is 2.99. The molecule has 1 aromatic carbocycles. The largest absolute Gasteiger partial charge is 0.144 e. The first-order chi connectivity index (χ1) is 9.24. The standard InChI is InChI=1S/C16H16Cl2S/c17-13-7-3-1-5-11(13)9-14(18)16-10-12-6-2-4-8-15(12)19-16/h1,3,5,7,10,14H,2,4,6,8-9H2. The van der Waals surface area contributed by atoms with Gasteiger partial charge < -0.3 is 0 Å². The molecule has 100 valence electrons. The van der Waals surface area contributed by atoms with E-state index < -0.39 is 0 Å². The second-order valence-corrected chi connectivity index (χ2v) is 7.17. The Morgan fingerprint density at radius 2 is 1.95 bits per heavy atom. The molecule has 0 radical (unpaired) electrons. The van der Waals surface area contributed by atoms with Crippen LogP contribution in [0.15, 0.2) is 30.3 Å². The van der Waals surface area contributed by atoms with Crippen LogP contribution >= 0.6 is 34.5 Å². The molecule has 0 saturated carbocycles. The lowest BCUT2D eigenvalue weighted by Gasteiger charge is -2.08. The van der Waals surface area contributed by atoms with E-state index in [0.29, 0.717) is 0 Å². The van der Waals surface area contributed by atoms with Crippen molar-refractivity contribution in [1.82, 2.24) is 0 Å². The molecule has 0 fully saturated rings. The maximum Gasteiger partial charge on any atom is 0.0719 e. The fourth-order valence-electron chi connectivity index (χ4n) is 2.63. The molecule has 3 rings (SSSR count). The van der Waals surface area contributed by atoms with Gasteiger partial charge in [-0.3, -0.25) is 0 Å². The lowest BCUT2D eigenvalue weighted by Crippen LogP contribution is -1.96. The van der Waals surface area contributed by atoms with Gasteiger partial charge in [0.25, 0.3) is 0 Å². The maximum absolute atomic E-state index is 6.58. The van der Waals surface area contributed by atoms with Crippen LogP contribution in [-0.2, 0) is 19.3 Å². The molecule has 1 atom stereocenters. The SMILES string of the molecule is Clc1ccccc1CC(Cl)c1cc2c(s1)CCCC2. The Labute approximate surface area is 128 Å². The first-order valence-corrected chi connectivity index (χ1v) is 8.36. The molecule has 0 saturated heterocycles. The molecule has 1 aromatic heterocycles. The first-order valence-electron chi connectivity index (χ1n) is 6.73. The van der Waals surface area contributed by atoms with E-state index in [1.54, 1.807) is 4.88 Å². The minimum atomic E-state index is 0.0375. The Kier molecular flexibility index (Phi) is 4.16. The van der Waals surface area contributed by atoms with E-state index in [1.807, 2.05) is 29.5 Å². The second-order valence-electron chi connectivity index (χ2n) is 5.07. The average molecular weight is 311 g/mol. The molecule has 1 heterocycles. The number of halogens is 2. The molecule has 0 bridgehead atoms. The zero-order valence-electron chi connectivity index (χ0n) is 10.7. The van der Waals surface area contributed by atoms with Gasteiger partial charge in [-0.15, -0.1) is 22.9 Å². The highest BCUT2D eigenvalue weighted by Gasteiger charge is 2.18. The van der Waals surface area contributed by atoms with E-state index in [4.69, 9.17) is 23.2 Å². The van der Waals surface area contributed by atoms with Crippen LogP contribution in [0, 0.1) is 0 Å². The van der Waals surface area contributed by atoms with Crippen molar-refractivity contribution in [2.24, 2.45) is 0 Å². The van der Waals surface area contributed by atoms with Gasteiger partial charge in [-0.25, -0.2) is 0 Å². The normalized spacial score (nSPS) is 16.1. The van der Waals surface area contributed by atoms with Crippen molar-refractivity contribution in [2.45, 2.75) is 37.5 Å². The van der Waals surface area contributed by atoms with Crippen LogP contribution in [0.2, 0.25) is 5.02 Å². The molecule has 3 heteroatoms. The number of alkyl halides is 1. The first kappa shape index (κ1) is 13.5. The molecule has 1 aliphatic carbocycles. The molecule has 19 heavy (non-hydrogen) atoms. The molecular weight excluding hydrogens is 295 g/mol. The lowest BCUT2D eigenvalue weighted by molar-refractivity contribution is 0.697. The number of benzene rings is 1. The van der Waals surface area contributed by atoms with Crippen molar-refractivity contribution >= 4 is 34.5 Å². The van der Waals surface area contributed by atoms with Crippen LogP contribution < -0.4 is 0 Å². The van der Waals surface area contributed by atoms with Gasteiger partial charge in [-0.2, -0.15) is 0 Å². The highest BCUT2D eigenvalue weighted by atomic mass is 35.5. The molecule has 0 spiro atoms. The number of hydrogen-bond donors (Lipinski definition) is 0. The molecule has 0 N–H and O–H groups in total. The quantitative estimate of drug-likeness (QED) is 0.628. The second kappa shape index (κ2) is 5.87. The van der Waals surface area contributed by atoms with E-state index in [0.717, 1.165) is 17.0 Å². The number of aryl methyl sites for hydroxylation is 2. The maximum atomic E-state index is 6.58. The van der Waals surface area contributed by atoms with Gasteiger partial charge in [0.15, 0.2) is 0 Å². The molecule has 1 unspecified atom stereocenters. The summed E-state index contributed by atoms with van der Waals surface area (Å²) in [6.45, 7) is 0. The van der Waals surface area contributed by atoms with Crippen LogP contribution in [0.1, 0.15) is 39.1 Å². The number of rotatable bonds is 3. The van der Waals surface area contributed by atoms with Gasteiger partial charge >= 0.3 is 0 Å². The van der Waals surface area contributed by atoms with Gasteiger partial charge in [0.1, 0.15) is 0 Å². The number of thiophene rings is 1. The van der Waals surface area contributed by atoms with Crippen molar-refractivity contribution in [1.29, 1.82) is 0 Å². The fraction of sp³-hybridized carbons (Fsp3) is 0.375. The van der Waals surface area contributed by atoms with Crippen LogP contribution in [0.3, 0.4) is 0 Å². The number of fused-ring (bicyclic) bond motifs is 1. The van der Waals surface area contributed by atoms with Crippen LogP contribution in [0.25, 0.3) is 0 Å². The monoisotopic (exact) mass is 310 g/mol. The summed E-state index contributed by atoms with van der Waals surface area (Å²) in [6.07, 6.45) is 5.91. The molecule has 0 amide bonds. The molecular formula is C16H16Cl2S. The van der Waals surface area contributed by atoms with Crippen molar-refractivity contribution in [2.75, 3.05) is 0 Å². The summed E-state index contributed by atoms with van der Waals surface area (Å²) in [5, 5.41) is 0.852. The summed E-state index contributed by atoms with van der Waals surface area (Å²) in [6, 6.07) is 10.3. The van der Waals surface area contributed by atoms with E-state index >= 15 is 0 Å². The van der Waals surface area contributed by atoms with Crippen molar-refractivity contribution in [3.05, 3.63) is 56.2 Å². The average Bonchev–Trinajstić information content (AvgIpc) is 2.85. The van der Waals surface area contributed by atoms with Gasteiger partial charge in [-0.1, -0.05) is 29.8 Å². The number of hydrogen-bond acceptors (Lipinski definition) is 1. The van der Waals surface area contributed by atoms with E-state index in [-0.39, 0.29) is 5.38 Å². The van der Waals surface area contributed by atoms with Crippen LogP contribution in [0.4, 0.5) is 0 Å². The van der Waals surface area contributed by atoms with E-state index in [1.165, 1.54) is 36.1 Å². The van der Waals surface area contributed by atoms with Gasteiger partial charge in [-0.05, 0) is 55.4 Å². The summed E-state index contributed by atoms with van der Waals surface area (Å²) < 4.78 is 0. The van der Waals surface area contributed by atoms with Crippen molar-refractivity contribution < 1.29 is 0 Å². The van der Waals surface area contributed by atoms with Crippen LogP contribution in [0.5, 0.6) is 0 Å². The zero-order chi connectivity index (χ0) is 13.2. The summed E-state index contributed by atoms with van der Waals surface area (Å²) in [7, 11) is 0. The molecule has 0 aliphatic heterocycles. The summed E-state index contributed by atoms with van der Waals surface area (Å²) in [4.78, 5) is 2.85. The minimum absolute atomic E-state index is 0.0375. The Balaban J connectivity index is 1.79. The predicted molar refractivity (Wildman–Crippen MR) is 84.7 cm³/mol. The van der Waals surface area contributed by atoms with Crippen molar-refractivity contribution in [3.63, 3.8) is 0 Å². The molecule has 2 aromatic rings. The third-order valence-corrected chi connectivity index (χ3v) is 5.92. The highest BCUT2D eigenvalue weighted by Crippen LogP contribution is 2.37. The van der Waals surface area contributed by atoms with Gasteiger partial charge in [0.05, 0.1) is 5.38 Å². The Morgan fingerprint density at radius 1 is 1.16 bits per heavy atom. The summed E-state index contributed by atoms with van der Waals surface area (Å²) >= 11 is 14.7. The Hall–Kier alpha value is -0.500. The van der Waals surface area contributed by atoms with E-state index in [9.17, 15) is 0 Å². The fourth-order valence-corrected chi connectivity index (χ4v) is 4.44. The van der Waals surface area contributed by atoms with E-state index in [2.05, 4.69) is 12.1 Å². The van der Waals surface area contributed by atoms with Gasteiger partial charge in [0.2, 0.25) is 0 Å². The summed E-state index contributed by atoms with van der Waals surface area (Å²) in [5.74, 6) is 0. The molecule has 1 aliphatic rings. The smallest absolute Gasteiger partial charge is 0.0719 e. The topological polar surface area (TPSA) is 0 Å². The minimum Gasteiger partial charge on any atom is -0.144 e. The molecule has 0 nitrogen and oxygen atoms in total. The lowest BCUT2D eigenvalue weighted by atomic mass is 9.99. The van der Waals surface area contributed by atoms with Crippen LogP contribution in [-0.4, -0.2) is 0 Å².